The van der Waals surface area contributed by atoms with E-state index in [4.69, 9.17) is 5.73 Å². The highest BCUT2D eigenvalue weighted by Gasteiger charge is 2.12. The molecule has 16 heavy (non-hydrogen) atoms. The Morgan fingerprint density at radius 3 is 2.25 bits per heavy atom. The second-order valence-corrected chi connectivity index (χ2v) is 6.38. The summed E-state index contributed by atoms with van der Waals surface area (Å²) in [7, 11) is -3.02. The highest BCUT2D eigenvalue weighted by Crippen LogP contribution is 2.14. The highest BCUT2D eigenvalue weighted by atomic mass is 32.2. The number of hydrogen-bond acceptors (Lipinski definition) is 3. The second kappa shape index (κ2) is 5.46. The molecule has 0 aromatic heterocycles. The molecule has 1 atom stereocenters. The number of rotatable bonds is 5. The van der Waals surface area contributed by atoms with E-state index in [-0.39, 0.29) is 5.75 Å². The van der Waals surface area contributed by atoms with Gasteiger partial charge in [0.1, 0.15) is 9.84 Å². The molecule has 0 heterocycles. The van der Waals surface area contributed by atoms with Gasteiger partial charge in [-0.1, -0.05) is 37.6 Å². The first-order valence-electron chi connectivity index (χ1n) is 5.44. The standard InChI is InChI=1S/C12H19NO2S/c1-3-4-10-5-7-11(8-6-10)12(13)9-16(2,14)15/h5-8,12H,3-4,9,13H2,1-2H3. The number of nitrogens with two attached hydrogens (primary N) is 1. The van der Waals surface area contributed by atoms with E-state index in [2.05, 4.69) is 6.92 Å². The lowest BCUT2D eigenvalue weighted by atomic mass is 10.0. The molecule has 3 nitrogen and oxygen atoms in total. The molecule has 0 aliphatic rings. The fourth-order valence-electron chi connectivity index (χ4n) is 1.64. The lowest BCUT2D eigenvalue weighted by Gasteiger charge is -2.11. The average Bonchev–Trinajstić information content (AvgIpc) is 2.16. The largest absolute Gasteiger partial charge is 0.323 e. The summed E-state index contributed by atoms with van der Waals surface area (Å²) in [6, 6.07) is 7.44. The van der Waals surface area contributed by atoms with E-state index in [0.29, 0.717) is 0 Å². The Labute approximate surface area is 97.6 Å². The molecule has 0 fully saturated rings. The van der Waals surface area contributed by atoms with Crippen LogP contribution in [0.4, 0.5) is 0 Å². The third-order valence-electron chi connectivity index (χ3n) is 2.43. The van der Waals surface area contributed by atoms with Gasteiger partial charge in [0, 0.05) is 12.3 Å². The zero-order valence-electron chi connectivity index (χ0n) is 9.81. The molecule has 1 rings (SSSR count). The zero-order chi connectivity index (χ0) is 12.2. The first kappa shape index (κ1) is 13.2. The van der Waals surface area contributed by atoms with E-state index in [9.17, 15) is 8.42 Å². The summed E-state index contributed by atoms with van der Waals surface area (Å²) in [5, 5.41) is 0. The highest BCUT2D eigenvalue weighted by molar-refractivity contribution is 7.90. The van der Waals surface area contributed by atoms with Crippen LogP contribution >= 0.6 is 0 Å². The van der Waals surface area contributed by atoms with Crippen molar-refractivity contribution in [2.45, 2.75) is 25.8 Å². The number of hydrogen-bond donors (Lipinski definition) is 1. The molecular weight excluding hydrogens is 222 g/mol. The zero-order valence-corrected chi connectivity index (χ0v) is 10.6. The molecule has 2 N–H and O–H groups in total. The molecule has 0 saturated heterocycles. The quantitative estimate of drug-likeness (QED) is 0.853. The maximum absolute atomic E-state index is 11.1. The van der Waals surface area contributed by atoms with Crippen molar-refractivity contribution in [1.29, 1.82) is 0 Å². The number of sulfone groups is 1. The Bertz CT molecular complexity index is 423. The first-order valence-corrected chi connectivity index (χ1v) is 7.50. The summed E-state index contributed by atoms with van der Waals surface area (Å²) >= 11 is 0. The van der Waals surface area contributed by atoms with Crippen LogP contribution in [0.25, 0.3) is 0 Å². The van der Waals surface area contributed by atoms with Crippen LogP contribution in [0.5, 0.6) is 0 Å². The normalized spacial score (nSPS) is 13.7. The molecule has 4 heteroatoms. The van der Waals surface area contributed by atoms with Gasteiger partial charge in [0.05, 0.1) is 5.75 Å². The Hall–Kier alpha value is -0.870. The fraction of sp³-hybridized carbons (Fsp3) is 0.500. The SMILES string of the molecule is CCCc1ccc(C(N)CS(C)(=O)=O)cc1. The van der Waals surface area contributed by atoms with Crippen molar-refractivity contribution in [3.63, 3.8) is 0 Å². The smallest absolute Gasteiger partial charge is 0.149 e. The summed E-state index contributed by atoms with van der Waals surface area (Å²) in [5.74, 6) is 0.000123. The van der Waals surface area contributed by atoms with E-state index in [1.165, 1.54) is 11.8 Å². The van der Waals surface area contributed by atoms with E-state index in [0.717, 1.165) is 18.4 Å². The van der Waals surface area contributed by atoms with Gasteiger partial charge in [-0.05, 0) is 17.5 Å². The monoisotopic (exact) mass is 241 g/mol. The molecule has 0 bridgehead atoms. The van der Waals surface area contributed by atoms with Gasteiger partial charge in [0.25, 0.3) is 0 Å². The predicted molar refractivity (Wildman–Crippen MR) is 67.1 cm³/mol. The van der Waals surface area contributed by atoms with Crippen molar-refractivity contribution < 1.29 is 8.42 Å². The van der Waals surface area contributed by atoms with Crippen molar-refractivity contribution >= 4 is 9.84 Å². The predicted octanol–water partition coefficient (Wildman–Crippen LogP) is 1.68. The van der Waals surface area contributed by atoms with Gasteiger partial charge >= 0.3 is 0 Å². The molecule has 0 aliphatic carbocycles. The summed E-state index contributed by atoms with van der Waals surface area (Å²) < 4.78 is 22.2. The van der Waals surface area contributed by atoms with Crippen LogP contribution in [-0.2, 0) is 16.3 Å². The maximum Gasteiger partial charge on any atom is 0.149 e. The van der Waals surface area contributed by atoms with Gasteiger partial charge < -0.3 is 5.73 Å². The van der Waals surface area contributed by atoms with E-state index >= 15 is 0 Å². The molecule has 0 spiro atoms. The summed E-state index contributed by atoms with van der Waals surface area (Å²) in [5.41, 5.74) is 7.97. The van der Waals surface area contributed by atoms with Crippen molar-refractivity contribution in [3.05, 3.63) is 35.4 Å². The molecule has 0 saturated carbocycles. The van der Waals surface area contributed by atoms with E-state index in [1.807, 2.05) is 24.3 Å². The fourth-order valence-corrected chi connectivity index (χ4v) is 2.49. The summed E-state index contributed by atoms with van der Waals surface area (Å²) in [4.78, 5) is 0. The van der Waals surface area contributed by atoms with E-state index < -0.39 is 15.9 Å². The molecule has 0 amide bonds. The Kier molecular flexibility index (Phi) is 4.50. The third kappa shape index (κ3) is 4.33. The molecule has 0 radical (unpaired) electrons. The lowest BCUT2D eigenvalue weighted by Crippen LogP contribution is -2.20. The van der Waals surface area contributed by atoms with Crippen LogP contribution < -0.4 is 5.73 Å². The molecule has 0 aliphatic heterocycles. The molecule has 1 aromatic rings. The van der Waals surface area contributed by atoms with Gasteiger partial charge in [-0.2, -0.15) is 0 Å². The minimum atomic E-state index is -3.02. The van der Waals surface area contributed by atoms with Crippen LogP contribution in [0.3, 0.4) is 0 Å². The Morgan fingerprint density at radius 2 is 1.81 bits per heavy atom. The van der Waals surface area contributed by atoms with Gasteiger partial charge in [-0.25, -0.2) is 8.42 Å². The van der Waals surface area contributed by atoms with Crippen molar-refractivity contribution in [2.24, 2.45) is 5.73 Å². The Balaban J connectivity index is 2.74. The molecule has 90 valence electrons. The van der Waals surface area contributed by atoms with E-state index in [1.54, 1.807) is 0 Å². The average molecular weight is 241 g/mol. The molecule has 1 unspecified atom stereocenters. The van der Waals surface area contributed by atoms with Gasteiger partial charge in [0.15, 0.2) is 0 Å². The maximum atomic E-state index is 11.1. The third-order valence-corrected chi connectivity index (χ3v) is 3.39. The molecular formula is C12H19NO2S. The summed E-state index contributed by atoms with van der Waals surface area (Å²) in [6.45, 7) is 2.13. The van der Waals surface area contributed by atoms with Gasteiger partial charge in [0.2, 0.25) is 0 Å². The minimum Gasteiger partial charge on any atom is -0.323 e. The van der Waals surface area contributed by atoms with Gasteiger partial charge in [-0.3, -0.25) is 0 Å². The van der Waals surface area contributed by atoms with Crippen LogP contribution in [0.2, 0.25) is 0 Å². The Morgan fingerprint density at radius 1 is 1.25 bits per heavy atom. The van der Waals surface area contributed by atoms with Crippen LogP contribution in [-0.4, -0.2) is 20.4 Å². The lowest BCUT2D eigenvalue weighted by molar-refractivity contribution is 0.594. The molecule has 1 aromatic carbocycles. The van der Waals surface area contributed by atoms with Gasteiger partial charge in [-0.15, -0.1) is 0 Å². The van der Waals surface area contributed by atoms with Crippen LogP contribution in [0.1, 0.15) is 30.5 Å². The minimum absolute atomic E-state index is 0.000123. The number of benzene rings is 1. The van der Waals surface area contributed by atoms with Crippen molar-refractivity contribution in [3.8, 4) is 0 Å². The summed E-state index contributed by atoms with van der Waals surface area (Å²) in [6.07, 6.45) is 3.36. The first-order chi connectivity index (χ1) is 7.42. The van der Waals surface area contributed by atoms with Crippen LogP contribution in [0.15, 0.2) is 24.3 Å². The van der Waals surface area contributed by atoms with Crippen LogP contribution in [0, 0.1) is 0 Å². The van der Waals surface area contributed by atoms with Crippen molar-refractivity contribution in [1.82, 2.24) is 0 Å². The second-order valence-electron chi connectivity index (χ2n) is 4.19. The van der Waals surface area contributed by atoms with Crippen molar-refractivity contribution in [2.75, 3.05) is 12.0 Å². The topological polar surface area (TPSA) is 60.2 Å². The number of aryl methyl sites for hydroxylation is 1.